The highest BCUT2D eigenvalue weighted by Crippen LogP contribution is 2.25. The second-order valence-corrected chi connectivity index (χ2v) is 11.1. The van der Waals surface area contributed by atoms with Gasteiger partial charge >= 0.3 is 0 Å². The van der Waals surface area contributed by atoms with Gasteiger partial charge in [0.15, 0.2) is 0 Å². The summed E-state index contributed by atoms with van der Waals surface area (Å²) in [5, 5.41) is 3.31. The van der Waals surface area contributed by atoms with Crippen LogP contribution in [-0.2, 0) is 21.4 Å². The van der Waals surface area contributed by atoms with Crippen molar-refractivity contribution < 1.29 is 13.2 Å². The molecule has 0 radical (unpaired) electrons. The van der Waals surface area contributed by atoms with Gasteiger partial charge in [0, 0.05) is 30.3 Å². The zero-order chi connectivity index (χ0) is 24.8. The fourth-order valence-corrected chi connectivity index (χ4v) is 5.73. The Labute approximate surface area is 212 Å². The van der Waals surface area contributed by atoms with Gasteiger partial charge in [-0.05, 0) is 85.8 Å². The Hall–Kier alpha value is -3.03. The van der Waals surface area contributed by atoms with Gasteiger partial charge in [0.1, 0.15) is 6.54 Å². The molecule has 0 aliphatic carbocycles. The molecule has 1 aliphatic heterocycles. The molecule has 4 rings (SSSR count). The molecule has 1 N–H and O–H groups in total. The molecule has 0 spiro atoms. The number of benzene rings is 3. The lowest BCUT2D eigenvalue weighted by atomic mass is 10.1. The topological polar surface area (TPSA) is 69.7 Å². The number of piperidine rings is 1. The Morgan fingerprint density at radius 3 is 2.31 bits per heavy atom. The molecule has 6 nitrogen and oxygen atoms in total. The van der Waals surface area contributed by atoms with Crippen LogP contribution in [0.4, 0.5) is 11.4 Å². The Kier molecular flexibility index (Phi) is 7.98. The Balaban J connectivity index is 1.47. The monoisotopic (exact) mass is 511 g/mol. The first-order valence-electron chi connectivity index (χ1n) is 11.8. The molecule has 184 valence electrons. The molecule has 0 aromatic heterocycles. The van der Waals surface area contributed by atoms with E-state index in [1.165, 1.54) is 49.2 Å². The smallest absolute Gasteiger partial charge is 0.264 e. The van der Waals surface area contributed by atoms with Crippen LogP contribution in [0.5, 0.6) is 0 Å². The highest BCUT2D eigenvalue weighted by Gasteiger charge is 2.27. The van der Waals surface area contributed by atoms with E-state index in [1.54, 1.807) is 18.2 Å². The number of anilines is 2. The van der Waals surface area contributed by atoms with Crippen molar-refractivity contribution in [3.8, 4) is 0 Å². The molecular weight excluding hydrogens is 482 g/mol. The zero-order valence-corrected chi connectivity index (χ0v) is 21.4. The third-order valence-electron chi connectivity index (χ3n) is 6.13. The Morgan fingerprint density at radius 2 is 1.66 bits per heavy atom. The number of hydrogen-bond donors (Lipinski definition) is 1. The van der Waals surface area contributed by atoms with Gasteiger partial charge in [0.05, 0.1) is 10.6 Å². The zero-order valence-electron chi connectivity index (χ0n) is 19.8. The number of hydrogen-bond acceptors (Lipinski definition) is 4. The van der Waals surface area contributed by atoms with Gasteiger partial charge in [-0.1, -0.05) is 35.9 Å². The van der Waals surface area contributed by atoms with Crippen LogP contribution >= 0.6 is 11.6 Å². The number of carbonyl (C=O) groups is 1. The average molecular weight is 512 g/mol. The minimum Gasteiger partial charge on any atom is -0.372 e. The summed E-state index contributed by atoms with van der Waals surface area (Å²) < 4.78 is 28.0. The van der Waals surface area contributed by atoms with E-state index in [0.717, 1.165) is 28.5 Å². The maximum Gasteiger partial charge on any atom is 0.264 e. The fourth-order valence-electron chi connectivity index (χ4n) is 4.20. The van der Waals surface area contributed by atoms with E-state index in [4.69, 9.17) is 11.6 Å². The van der Waals surface area contributed by atoms with Crippen molar-refractivity contribution in [2.75, 3.05) is 28.8 Å². The molecule has 0 bridgehead atoms. The van der Waals surface area contributed by atoms with Crippen LogP contribution in [0.25, 0.3) is 0 Å². The van der Waals surface area contributed by atoms with Crippen molar-refractivity contribution >= 4 is 38.9 Å². The maximum absolute atomic E-state index is 13.5. The number of halogens is 1. The lowest BCUT2D eigenvalue weighted by Crippen LogP contribution is -2.40. The van der Waals surface area contributed by atoms with Crippen molar-refractivity contribution in [1.82, 2.24) is 5.32 Å². The number of rotatable bonds is 8. The summed E-state index contributed by atoms with van der Waals surface area (Å²) in [6.45, 7) is 4.02. The van der Waals surface area contributed by atoms with E-state index >= 15 is 0 Å². The highest BCUT2D eigenvalue weighted by atomic mass is 35.5. The number of aryl methyl sites for hydroxylation is 1. The van der Waals surface area contributed by atoms with Gasteiger partial charge in [0.25, 0.3) is 10.0 Å². The molecule has 35 heavy (non-hydrogen) atoms. The normalized spacial score (nSPS) is 13.9. The molecule has 0 saturated carbocycles. The van der Waals surface area contributed by atoms with Gasteiger partial charge in [-0.2, -0.15) is 0 Å². The summed E-state index contributed by atoms with van der Waals surface area (Å²) in [6.07, 6.45) is 3.72. The maximum atomic E-state index is 13.5. The molecule has 1 fully saturated rings. The molecule has 0 unspecified atom stereocenters. The van der Waals surface area contributed by atoms with Crippen LogP contribution < -0.4 is 14.5 Å². The van der Waals surface area contributed by atoms with E-state index in [9.17, 15) is 13.2 Å². The van der Waals surface area contributed by atoms with E-state index in [-0.39, 0.29) is 17.3 Å². The molecule has 1 saturated heterocycles. The summed E-state index contributed by atoms with van der Waals surface area (Å²) in [5.41, 5.74) is 3.48. The Morgan fingerprint density at radius 1 is 0.971 bits per heavy atom. The van der Waals surface area contributed by atoms with Gasteiger partial charge in [-0.15, -0.1) is 0 Å². The quantitative estimate of drug-likeness (QED) is 0.454. The highest BCUT2D eigenvalue weighted by molar-refractivity contribution is 7.92. The molecule has 3 aromatic rings. The van der Waals surface area contributed by atoms with Crippen molar-refractivity contribution in [2.45, 2.75) is 37.6 Å². The molecule has 1 amide bonds. The van der Waals surface area contributed by atoms with E-state index in [0.29, 0.717) is 17.3 Å². The van der Waals surface area contributed by atoms with Gasteiger partial charge < -0.3 is 10.2 Å². The predicted molar refractivity (Wildman–Crippen MR) is 142 cm³/mol. The molecule has 3 aromatic carbocycles. The van der Waals surface area contributed by atoms with E-state index < -0.39 is 10.0 Å². The number of nitrogens with zero attached hydrogens (tertiary/aromatic N) is 2. The second-order valence-electron chi connectivity index (χ2n) is 8.80. The predicted octanol–water partition coefficient (Wildman–Crippen LogP) is 5.15. The number of carbonyl (C=O) groups excluding carboxylic acids is 1. The third kappa shape index (κ3) is 6.35. The summed E-state index contributed by atoms with van der Waals surface area (Å²) >= 11 is 5.94. The van der Waals surface area contributed by atoms with Gasteiger partial charge in [-0.3, -0.25) is 9.10 Å². The standard InChI is InChI=1S/C27H30ClN3O3S/c1-21-6-5-7-25(18-21)31(35(33,34)26-14-10-23(28)11-15-26)20-27(32)29-19-22-8-12-24(13-9-22)30-16-3-2-4-17-30/h5-15,18H,2-4,16-17,19-20H2,1H3,(H,29,32). The molecule has 8 heteroatoms. The largest absolute Gasteiger partial charge is 0.372 e. The molecule has 0 atom stereocenters. The number of nitrogens with one attached hydrogen (secondary N) is 1. The minimum atomic E-state index is -3.98. The lowest BCUT2D eigenvalue weighted by Gasteiger charge is -2.28. The first kappa shape index (κ1) is 25.1. The van der Waals surface area contributed by atoms with Crippen LogP contribution in [0.2, 0.25) is 5.02 Å². The number of sulfonamides is 1. The van der Waals surface area contributed by atoms with Gasteiger partial charge in [0.2, 0.25) is 5.91 Å². The molecule has 1 heterocycles. The van der Waals surface area contributed by atoms with Crippen LogP contribution in [-0.4, -0.2) is 34.0 Å². The second kappa shape index (κ2) is 11.1. The van der Waals surface area contributed by atoms with Crippen LogP contribution in [0, 0.1) is 6.92 Å². The van der Waals surface area contributed by atoms with Crippen molar-refractivity contribution in [1.29, 1.82) is 0 Å². The summed E-state index contributed by atoms with van der Waals surface area (Å²) in [4.78, 5) is 15.3. The average Bonchev–Trinajstić information content (AvgIpc) is 2.87. The Bertz CT molecular complexity index is 1260. The van der Waals surface area contributed by atoms with E-state index in [2.05, 4.69) is 22.3 Å². The van der Waals surface area contributed by atoms with E-state index in [1.807, 2.05) is 25.1 Å². The first-order valence-corrected chi connectivity index (χ1v) is 13.6. The first-order chi connectivity index (χ1) is 16.8. The molecular formula is C27H30ClN3O3S. The van der Waals surface area contributed by atoms with Crippen molar-refractivity contribution in [2.24, 2.45) is 0 Å². The van der Waals surface area contributed by atoms with Crippen LogP contribution in [0.3, 0.4) is 0 Å². The fraction of sp³-hybridized carbons (Fsp3) is 0.296. The van der Waals surface area contributed by atoms with Crippen LogP contribution in [0.1, 0.15) is 30.4 Å². The third-order valence-corrected chi connectivity index (χ3v) is 8.17. The summed E-state index contributed by atoms with van der Waals surface area (Å²) in [6, 6.07) is 21.2. The minimum absolute atomic E-state index is 0.0736. The van der Waals surface area contributed by atoms with Crippen LogP contribution in [0.15, 0.2) is 77.7 Å². The lowest BCUT2D eigenvalue weighted by molar-refractivity contribution is -0.119. The molecule has 1 aliphatic rings. The van der Waals surface area contributed by atoms with Crippen molar-refractivity contribution in [3.05, 3.63) is 88.9 Å². The number of amides is 1. The van der Waals surface area contributed by atoms with Gasteiger partial charge in [-0.25, -0.2) is 8.42 Å². The SMILES string of the molecule is Cc1cccc(N(CC(=O)NCc2ccc(N3CCCCC3)cc2)S(=O)(=O)c2ccc(Cl)cc2)c1. The summed E-state index contributed by atoms with van der Waals surface area (Å²) in [7, 11) is -3.98. The van der Waals surface area contributed by atoms with Crippen molar-refractivity contribution in [3.63, 3.8) is 0 Å². The summed E-state index contributed by atoms with van der Waals surface area (Å²) in [5.74, 6) is -0.385.